The van der Waals surface area contributed by atoms with E-state index in [1.54, 1.807) is 19.1 Å². The Bertz CT molecular complexity index is 913. The van der Waals surface area contributed by atoms with Crippen molar-refractivity contribution in [2.45, 2.75) is 44.9 Å². The zero-order valence-electron chi connectivity index (χ0n) is 15.9. The van der Waals surface area contributed by atoms with E-state index in [1.807, 2.05) is 37.3 Å². The van der Waals surface area contributed by atoms with Crippen LogP contribution >= 0.6 is 0 Å². The standard InChI is InChI=1S/C20H26N2O3S/c1-14-10-11-15(2)18(12-14)26(24,25)21-13-19(23)22-17-9-7-6-8-16(17)20(3,4)5/h6-12,21H,13H2,1-5H3,(H,22,23). The number of sulfonamides is 1. The van der Waals surface area contributed by atoms with Crippen molar-refractivity contribution >= 4 is 21.6 Å². The van der Waals surface area contributed by atoms with Gasteiger partial charge in [-0.1, -0.05) is 51.1 Å². The third-order valence-electron chi connectivity index (χ3n) is 4.07. The largest absolute Gasteiger partial charge is 0.325 e. The molecule has 26 heavy (non-hydrogen) atoms. The van der Waals surface area contributed by atoms with Gasteiger partial charge in [0.1, 0.15) is 0 Å². The first-order chi connectivity index (χ1) is 12.0. The van der Waals surface area contributed by atoms with Crippen molar-refractivity contribution in [3.63, 3.8) is 0 Å². The fourth-order valence-electron chi connectivity index (χ4n) is 2.68. The molecule has 0 aliphatic rings. The number of anilines is 1. The van der Waals surface area contributed by atoms with Crippen molar-refractivity contribution in [2.75, 3.05) is 11.9 Å². The average Bonchev–Trinajstić information content (AvgIpc) is 2.55. The Morgan fingerprint density at radius 3 is 2.35 bits per heavy atom. The van der Waals surface area contributed by atoms with Crippen LogP contribution in [0.2, 0.25) is 0 Å². The highest BCUT2D eigenvalue weighted by molar-refractivity contribution is 7.89. The molecule has 0 fully saturated rings. The lowest BCUT2D eigenvalue weighted by atomic mass is 9.86. The van der Waals surface area contributed by atoms with Gasteiger partial charge in [0.15, 0.2) is 0 Å². The number of amides is 1. The van der Waals surface area contributed by atoms with Gasteiger partial charge in [-0.05, 0) is 48.1 Å². The van der Waals surface area contributed by atoms with Crippen molar-refractivity contribution in [1.29, 1.82) is 0 Å². The first-order valence-electron chi connectivity index (χ1n) is 8.47. The van der Waals surface area contributed by atoms with Crippen LogP contribution in [0.1, 0.15) is 37.5 Å². The van der Waals surface area contributed by atoms with Gasteiger partial charge in [-0.25, -0.2) is 13.1 Å². The zero-order valence-corrected chi connectivity index (χ0v) is 16.7. The second-order valence-corrected chi connectivity index (χ2v) is 9.17. The van der Waals surface area contributed by atoms with E-state index in [0.717, 1.165) is 11.1 Å². The Balaban J connectivity index is 2.11. The molecule has 0 spiro atoms. The van der Waals surface area contributed by atoms with Crippen molar-refractivity contribution < 1.29 is 13.2 Å². The van der Waals surface area contributed by atoms with Gasteiger partial charge >= 0.3 is 0 Å². The summed E-state index contributed by atoms with van der Waals surface area (Å²) in [4.78, 5) is 12.5. The van der Waals surface area contributed by atoms with E-state index in [4.69, 9.17) is 0 Å². The number of nitrogens with one attached hydrogen (secondary N) is 2. The summed E-state index contributed by atoms with van der Waals surface area (Å²) in [5.41, 5.74) is 3.03. The molecular formula is C20H26N2O3S. The molecule has 5 nitrogen and oxygen atoms in total. The lowest BCUT2D eigenvalue weighted by Gasteiger charge is -2.23. The molecule has 2 N–H and O–H groups in total. The van der Waals surface area contributed by atoms with E-state index in [1.165, 1.54) is 0 Å². The quantitative estimate of drug-likeness (QED) is 0.841. The highest BCUT2D eigenvalue weighted by Crippen LogP contribution is 2.29. The molecule has 0 bridgehead atoms. The number of benzene rings is 2. The van der Waals surface area contributed by atoms with Crippen LogP contribution in [0, 0.1) is 13.8 Å². The summed E-state index contributed by atoms with van der Waals surface area (Å²) in [5, 5.41) is 2.80. The van der Waals surface area contributed by atoms with Crippen LogP contribution < -0.4 is 10.0 Å². The van der Waals surface area contributed by atoms with Gasteiger partial charge < -0.3 is 5.32 Å². The third kappa shape index (κ3) is 4.93. The van der Waals surface area contributed by atoms with Gasteiger partial charge in [-0.15, -0.1) is 0 Å². The first-order valence-corrected chi connectivity index (χ1v) is 9.95. The molecular weight excluding hydrogens is 348 g/mol. The number of hydrogen-bond acceptors (Lipinski definition) is 3. The van der Waals surface area contributed by atoms with Crippen LogP contribution in [0.5, 0.6) is 0 Å². The molecule has 0 unspecified atom stereocenters. The number of aryl methyl sites for hydroxylation is 2. The normalized spacial score (nSPS) is 12.0. The second kappa shape index (κ2) is 7.60. The summed E-state index contributed by atoms with van der Waals surface area (Å²) in [6.07, 6.45) is 0. The van der Waals surface area contributed by atoms with E-state index < -0.39 is 15.9 Å². The van der Waals surface area contributed by atoms with Crippen molar-refractivity contribution in [1.82, 2.24) is 4.72 Å². The van der Waals surface area contributed by atoms with Gasteiger partial charge in [0.2, 0.25) is 15.9 Å². The molecule has 0 aromatic heterocycles. The fraction of sp³-hybridized carbons (Fsp3) is 0.350. The molecule has 2 rings (SSSR count). The maximum absolute atomic E-state index is 12.5. The van der Waals surface area contributed by atoms with Gasteiger partial charge in [0.05, 0.1) is 11.4 Å². The fourth-order valence-corrected chi connectivity index (χ4v) is 3.99. The predicted octanol–water partition coefficient (Wildman–Crippen LogP) is 3.52. The summed E-state index contributed by atoms with van der Waals surface area (Å²) in [5.74, 6) is -0.407. The molecule has 2 aromatic rings. The summed E-state index contributed by atoms with van der Waals surface area (Å²) in [6.45, 7) is 9.40. The lowest BCUT2D eigenvalue weighted by Crippen LogP contribution is -2.33. The summed E-state index contributed by atoms with van der Waals surface area (Å²) >= 11 is 0. The molecule has 140 valence electrons. The van der Waals surface area contributed by atoms with Gasteiger partial charge in [0, 0.05) is 5.69 Å². The van der Waals surface area contributed by atoms with E-state index in [0.29, 0.717) is 11.3 Å². The van der Waals surface area contributed by atoms with Crippen molar-refractivity contribution in [2.24, 2.45) is 0 Å². The summed E-state index contributed by atoms with van der Waals surface area (Å²) < 4.78 is 27.4. The number of carbonyl (C=O) groups excluding carboxylic acids is 1. The number of carbonyl (C=O) groups is 1. The topological polar surface area (TPSA) is 75.3 Å². The monoisotopic (exact) mass is 374 g/mol. The van der Waals surface area contributed by atoms with Crippen LogP contribution in [0.25, 0.3) is 0 Å². The second-order valence-electron chi connectivity index (χ2n) is 7.44. The Hall–Kier alpha value is -2.18. The molecule has 0 aliphatic heterocycles. The highest BCUT2D eigenvalue weighted by Gasteiger charge is 2.21. The molecule has 0 aliphatic carbocycles. The Morgan fingerprint density at radius 1 is 1.04 bits per heavy atom. The van der Waals surface area contributed by atoms with Gasteiger partial charge in [-0.3, -0.25) is 4.79 Å². The SMILES string of the molecule is Cc1ccc(C)c(S(=O)(=O)NCC(=O)Nc2ccccc2C(C)(C)C)c1. The molecule has 0 radical (unpaired) electrons. The lowest BCUT2D eigenvalue weighted by molar-refractivity contribution is -0.115. The summed E-state index contributed by atoms with van der Waals surface area (Å²) in [6, 6.07) is 12.7. The molecule has 0 saturated heterocycles. The minimum absolute atomic E-state index is 0.137. The van der Waals surface area contributed by atoms with Crippen LogP contribution in [-0.2, 0) is 20.2 Å². The van der Waals surface area contributed by atoms with Crippen molar-refractivity contribution in [3.8, 4) is 0 Å². The minimum atomic E-state index is -3.75. The Kier molecular flexibility index (Phi) is 5.88. The first kappa shape index (κ1) is 20.1. The predicted molar refractivity (Wildman–Crippen MR) is 105 cm³/mol. The van der Waals surface area contributed by atoms with E-state index in [2.05, 4.69) is 30.8 Å². The maximum atomic E-state index is 12.5. The molecule has 0 atom stereocenters. The number of para-hydroxylation sites is 1. The molecule has 0 saturated carbocycles. The van der Waals surface area contributed by atoms with Crippen LogP contribution in [0.15, 0.2) is 47.4 Å². The molecule has 0 heterocycles. The van der Waals surface area contributed by atoms with Crippen molar-refractivity contribution in [3.05, 3.63) is 59.2 Å². The molecule has 1 amide bonds. The van der Waals surface area contributed by atoms with Gasteiger partial charge in [-0.2, -0.15) is 0 Å². The van der Waals surface area contributed by atoms with E-state index >= 15 is 0 Å². The smallest absolute Gasteiger partial charge is 0.241 e. The summed E-state index contributed by atoms with van der Waals surface area (Å²) in [7, 11) is -3.75. The van der Waals surface area contributed by atoms with E-state index in [9.17, 15) is 13.2 Å². The minimum Gasteiger partial charge on any atom is -0.325 e. The van der Waals surface area contributed by atoms with Crippen LogP contribution in [-0.4, -0.2) is 20.9 Å². The number of hydrogen-bond donors (Lipinski definition) is 2. The zero-order chi connectivity index (χ0) is 19.5. The molecule has 6 heteroatoms. The van der Waals surface area contributed by atoms with Crippen LogP contribution in [0.3, 0.4) is 0 Å². The number of rotatable bonds is 5. The molecule has 2 aromatic carbocycles. The maximum Gasteiger partial charge on any atom is 0.241 e. The average molecular weight is 375 g/mol. The third-order valence-corrected chi connectivity index (χ3v) is 5.61. The van der Waals surface area contributed by atoms with Gasteiger partial charge in [0.25, 0.3) is 0 Å². The Labute approximate surface area is 155 Å². The van der Waals surface area contributed by atoms with E-state index in [-0.39, 0.29) is 16.9 Å². The Morgan fingerprint density at radius 2 is 1.69 bits per heavy atom. The highest BCUT2D eigenvalue weighted by atomic mass is 32.2. The van der Waals surface area contributed by atoms with Crippen LogP contribution in [0.4, 0.5) is 5.69 Å².